The van der Waals surface area contributed by atoms with Crippen LogP contribution in [-0.2, 0) is 17.8 Å². The second kappa shape index (κ2) is 10.2. The first-order valence-corrected chi connectivity index (χ1v) is 11.7. The molecule has 0 saturated carbocycles. The molecule has 0 aliphatic heterocycles. The number of aryl methyl sites for hydroxylation is 1. The average Bonchev–Trinajstić information content (AvgIpc) is 3.51. The highest BCUT2D eigenvalue weighted by Gasteiger charge is 2.13. The number of fused-ring (bicyclic) bond motifs is 1. The summed E-state index contributed by atoms with van der Waals surface area (Å²) in [5.74, 6) is 0.264. The Balaban J connectivity index is 1.51. The summed E-state index contributed by atoms with van der Waals surface area (Å²) in [6, 6.07) is 8.27. The molecule has 0 radical (unpaired) electrons. The summed E-state index contributed by atoms with van der Waals surface area (Å²) in [4.78, 5) is 33.6. The van der Waals surface area contributed by atoms with Crippen molar-refractivity contribution in [3.8, 4) is 17.6 Å². The fraction of sp³-hybridized carbons (Fsp3) is 0.182. The Morgan fingerprint density at radius 2 is 2.18 bits per heavy atom. The van der Waals surface area contributed by atoms with Crippen LogP contribution in [-0.4, -0.2) is 32.6 Å². The molecule has 1 amide bonds. The fourth-order valence-corrected chi connectivity index (χ4v) is 4.30. The lowest BCUT2D eigenvalue weighted by Gasteiger charge is -2.11. The molecule has 0 unspecified atom stereocenters. The normalized spacial score (nSPS) is 11.3. The van der Waals surface area contributed by atoms with Gasteiger partial charge in [-0.05, 0) is 30.2 Å². The number of nitrogens with zero attached hydrogens (tertiary/aromatic N) is 5. The Morgan fingerprint density at radius 3 is 2.88 bits per heavy atom. The topological polar surface area (TPSA) is 132 Å². The lowest BCUT2D eigenvalue weighted by molar-refractivity contribution is -0.112. The fourth-order valence-electron chi connectivity index (χ4n) is 2.92. The number of aromatic nitrogens is 4. The Kier molecular flexibility index (Phi) is 6.95. The summed E-state index contributed by atoms with van der Waals surface area (Å²) >= 11 is 2.62. The third-order valence-electron chi connectivity index (χ3n) is 4.53. The Morgan fingerprint density at radius 1 is 1.32 bits per heavy atom. The molecule has 0 fully saturated rings. The molecule has 0 atom stereocenters. The number of benzene rings is 1. The van der Waals surface area contributed by atoms with Crippen LogP contribution in [0.2, 0.25) is 0 Å². The van der Waals surface area contributed by atoms with Crippen molar-refractivity contribution in [1.29, 1.82) is 5.26 Å². The van der Waals surface area contributed by atoms with Crippen LogP contribution in [0.15, 0.2) is 46.2 Å². The number of carbonyl (C=O) groups is 1. The van der Waals surface area contributed by atoms with E-state index in [4.69, 9.17) is 9.47 Å². The molecule has 34 heavy (non-hydrogen) atoms. The van der Waals surface area contributed by atoms with Crippen LogP contribution in [0.4, 0.5) is 5.13 Å². The molecular formula is C22H18N6O4S2. The van der Waals surface area contributed by atoms with Crippen LogP contribution in [0.25, 0.3) is 11.0 Å². The van der Waals surface area contributed by atoms with E-state index in [-0.39, 0.29) is 17.7 Å². The van der Waals surface area contributed by atoms with Gasteiger partial charge in [0, 0.05) is 17.6 Å². The van der Waals surface area contributed by atoms with E-state index in [0.717, 1.165) is 11.4 Å². The molecule has 0 aliphatic carbocycles. The largest absolute Gasteiger partial charge is 0.493 e. The zero-order valence-corrected chi connectivity index (χ0v) is 19.8. The number of thiazole rings is 1. The Hall–Kier alpha value is -4.08. The zero-order valence-electron chi connectivity index (χ0n) is 18.1. The average molecular weight is 495 g/mol. The third-order valence-corrected chi connectivity index (χ3v) is 6.28. The second-order valence-electron chi connectivity index (χ2n) is 6.79. The number of hydrogen-bond donors (Lipinski definition) is 1. The maximum Gasteiger partial charge on any atom is 0.275 e. The van der Waals surface area contributed by atoms with Gasteiger partial charge in [0.1, 0.15) is 23.3 Å². The van der Waals surface area contributed by atoms with Crippen molar-refractivity contribution in [2.24, 2.45) is 0 Å². The summed E-state index contributed by atoms with van der Waals surface area (Å²) in [6.07, 6.45) is 3.72. The highest BCUT2D eigenvalue weighted by molar-refractivity contribution is 7.16. The second-order valence-corrected chi connectivity index (χ2v) is 8.72. The highest BCUT2D eigenvalue weighted by Crippen LogP contribution is 2.29. The van der Waals surface area contributed by atoms with Gasteiger partial charge in [-0.3, -0.25) is 14.9 Å². The maximum atomic E-state index is 12.3. The smallest absolute Gasteiger partial charge is 0.275 e. The van der Waals surface area contributed by atoms with Crippen molar-refractivity contribution < 1.29 is 14.3 Å². The minimum atomic E-state index is -0.557. The Bertz CT molecular complexity index is 1470. The van der Waals surface area contributed by atoms with Gasteiger partial charge in [0.2, 0.25) is 4.96 Å². The number of carbonyl (C=O) groups excluding carboxylic acids is 1. The van der Waals surface area contributed by atoms with E-state index in [1.165, 1.54) is 46.4 Å². The molecule has 172 valence electrons. The van der Waals surface area contributed by atoms with Gasteiger partial charge in [0.05, 0.1) is 12.8 Å². The van der Waals surface area contributed by atoms with E-state index < -0.39 is 5.91 Å². The molecule has 0 bridgehead atoms. The number of nitrogens with one attached hydrogen (secondary N) is 1. The lowest BCUT2D eigenvalue weighted by atomic mass is 10.1. The number of amides is 1. The van der Waals surface area contributed by atoms with Gasteiger partial charge >= 0.3 is 0 Å². The molecule has 0 saturated heterocycles. The van der Waals surface area contributed by atoms with Gasteiger partial charge < -0.3 is 9.47 Å². The molecule has 3 heterocycles. The van der Waals surface area contributed by atoms with Crippen molar-refractivity contribution in [2.75, 3.05) is 12.4 Å². The van der Waals surface area contributed by atoms with Crippen molar-refractivity contribution in [3.05, 3.63) is 68.0 Å². The standard InChI is InChI=1S/C22H18N6O4S2/c1-3-18-27-28-19(29)10-15(25-22(28)34-18)12-32-16-5-4-13(9-17(16)31-2)8-14(11-23)20(30)26-21-24-6-7-33-21/h4-10H,3,12H2,1-2H3,(H,24,26,30). The first kappa shape index (κ1) is 23.1. The number of nitriles is 1. The maximum absolute atomic E-state index is 12.3. The van der Waals surface area contributed by atoms with E-state index in [1.54, 1.807) is 29.8 Å². The van der Waals surface area contributed by atoms with Crippen LogP contribution in [0, 0.1) is 11.3 Å². The predicted molar refractivity (Wildman–Crippen MR) is 128 cm³/mol. The van der Waals surface area contributed by atoms with Crippen molar-refractivity contribution in [3.63, 3.8) is 0 Å². The highest BCUT2D eigenvalue weighted by atomic mass is 32.1. The SMILES string of the molecule is CCc1nn2c(=O)cc(COc3ccc(C=C(C#N)C(=O)Nc4nccs4)cc3OC)nc2s1. The molecule has 4 rings (SSSR count). The van der Waals surface area contributed by atoms with E-state index in [9.17, 15) is 14.9 Å². The Labute approximate surface area is 201 Å². The zero-order chi connectivity index (χ0) is 24.1. The predicted octanol–water partition coefficient (Wildman–Crippen LogP) is 3.30. The molecule has 12 heteroatoms. The lowest BCUT2D eigenvalue weighted by Crippen LogP contribution is -2.16. The van der Waals surface area contributed by atoms with Gasteiger partial charge in [-0.25, -0.2) is 9.97 Å². The van der Waals surface area contributed by atoms with Crippen LogP contribution in [0.1, 0.15) is 23.2 Å². The van der Waals surface area contributed by atoms with Crippen LogP contribution >= 0.6 is 22.7 Å². The monoisotopic (exact) mass is 494 g/mol. The van der Waals surface area contributed by atoms with E-state index in [2.05, 4.69) is 20.4 Å². The molecule has 1 N–H and O–H groups in total. The first-order valence-electron chi connectivity index (χ1n) is 10.0. The minimum absolute atomic E-state index is 0.0519. The summed E-state index contributed by atoms with van der Waals surface area (Å²) in [7, 11) is 1.48. The van der Waals surface area contributed by atoms with Crippen LogP contribution in [0.5, 0.6) is 11.5 Å². The van der Waals surface area contributed by atoms with E-state index in [0.29, 0.717) is 32.8 Å². The summed E-state index contributed by atoms with van der Waals surface area (Å²) in [5.41, 5.74) is 0.685. The minimum Gasteiger partial charge on any atom is -0.493 e. The first-order chi connectivity index (χ1) is 16.5. The molecule has 0 aliphatic rings. The summed E-state index contributed by atoms with van der Waals surface area (Å²) in [5, 5.41) is 19.2. The van der Waals surface area contributed by atoms with Gasteiger partial charge in [0.25, 0.3) is 11.5 Å². The van der Waals surface area contributed by atoms with Crippen molar-refractivity contribution in [1.82, 2.24) is 19.6 Å². The number of methoxy groups -OCH3 is 1. The van der Waals surface area contributed by atoms with Gasteiger partial charge in [0.15, 0.2) is 16.6 Å². The number of anilines is 1. The summed E-state index contributed by atoms with van der Waals surface area (Å²) in [6.45, 7) is 2.02. The van der Waals surface area contributed by atoms with Crippen molar-refractivity contribution in [2.45, 2.75) is 20.0 Å². The molecule has 4 aromatic rings. The van der Waals surface area contributed by atoms with Gasteiger partial charge in [-0.15, -0.1) is 11.3 Å². The summed E-state index contributed by atoms with van der Waals surface area (Å²) < 4.78 is 12.5. The molecule has 0 spiro atoms. The quantitative estimate of drug-likeness (QED) is 0.292. The molecule has 1 aromatic carbocycles. The molecular weight excluding hydrogens is 476 g/mol. The molecule has 3 aromatic heterocycles. The van der Waals surface area contributed by atoms with Gasteiger partial charge in [-0.1, -0.05) is 24.3 Å². The van der Waals surface area contributed by atoms with E-state index in [1.807, 2.05) is 13.0 Å². The molecule has 10 nitrogen and oxygen atoms in total. The van der Waals surface area contributed by atoms with Crippen LogP contribution in [0.3, 0.4) is 0 Å². The van der Waals surface area contributed by atoms with Crippen LogP contribution < -0.4 is 20.3 Å². The third kappa shape index (κ3) is 5.11. The number of rotatable bonds is 8. The van der Waals surface area contributed by atoms with Gasteiger partial charge in [-0.2, -0.15) is 14.9 Å². The number of hydrogen-bond acceptors (Lipinski definition) is 10. The number of ether oxygens (including phenoxy) is 2. The van der Waals surface area contributed by atoms with E-state index >= 15 is 0 Å². The van der Waals surface area contributed by atoms with Crippen molar-refractivity contribution >= 4 is 44.7 Å².